The van der Waals surface area contributed by atoms with Gasteiger partial charge in [0, 0.05) is 0 Å². The maximum absolute atomic E-state index is 9.72. The molecular weight excluding hydrogens is 216 g/mol. The normalized spacial score (nSPS) is 9.67. The summed E-state index contributed by atoms with van der Waals surface area (Å²) in [5.41, 5.74) is 0. The Balaban J connectivity index is -0.000000208. The number of carbonyl (C=O) groups is 4. The number of carboxylic acid groups (broad SMARTS) is 3. The molecule has 0 spiro atoms. The fourth-order valence-corrected chi connectivity index (χ4v) is 0.253. The van der Waals surface area contributed by atoms with Gasteiger partial charge in [-0.2, -0.15) is 0 Å². The zero-order valence-electron chi connectivity index (χ0n) is 7.28. The molecule has 0 bridgehead atoms. The molecule has 0 aromatic heterocycles. The first-order valence-corrected chi connectivity index (χ1v) is 3.12. The van der Waals surface area contributed by atoms with E-state index in [0.717, 1.165) is 0 Å². The molecule has 0 aliphatic carbocycles. The Kier molecular flexibility index (Phi) is 12.6. The maximum Gasteiger partial charge on any atom is 0.368 e. The molecule has 0 amide bonds. The van der Waals surface area contributed by atoms with Crippen LogP contribution in [-0.2, 0) is 19.2 Å². The van der Waals surface area contributed by atoms with Crippen LogP contribution in [0.1, 0.15) is 6.42 Å². The zero-order valence-corrected chi connectivity index (χ0v) is 7.28. The second-order valence-electron chi connectivity index (χ2n) is 1.91. The summed E-state index contributed by atoms with van der Waals surface area (Å²) in [5, 5.41) is 31.5. The highest BCUT2D eigenvalue weighted by Crippen LogP contribution is 1.89. The molecule has 0 heterocycles. The number of aliphatic carboxylic acids is 3. The Morgan fingerprint density at radius 2 is 1.47 bits per heavy atom. The third kappa shape index (κ3) is 18.8. The first-order chi connectivity index (χ1) is 6.31. The van der Waals surface area contributed by atoms with E-state index in [1.165, 1.54) is 0 Å². The molecule has 1 atom stereocenters. The van der Waals surface area contributed by atoms with Crippen molar-refractivity contribution in [3.8, 4) is 0 Å². The molecule has 0 radical (unpaired) electrons. The molecule has 0 aliphatic heterocycles. The van der Waals surface area contributed by atoms with E-state index in [4.69, 9.17) is 30.0 Å². The molecule has 0 fully saturated rings. The van der Waals surface area contributed by atoms with Crippen LogP contribution in [0, 0.1) is 0 Å². The highest BCUT2D eigenvalue weighted by atomic mass is 16.4. The lowest BCUT2D eigenvalue weighted by atomic mass is 10.3. The van der Waals surface area contributed by atoms with E-state index >= 15 is 0 Å². The fourth-order valence-electron chi connectivity index (χ4n) is 0.253. The quantitative estimate of drug-likeness (QED) is 0.296. The Labute approximate surface area is 82.9 Å². The molecule has 15 heavy (non-hydrogen) atoms. The minimum atomic E-state index is -1.79. The standard InChI is InChI=1S/C4H6O5.C2H2O3.H2O/c5-2(4(8)9)1-3(6)7;3-1-2(4)5;/h2,5H,1H2,(H,6,7)(H,8,9);1H,(H,4,5);1H2. The van der Waals surface area contributed by atoms with E-state index in [0.29, 0.717) is 0 Å². The van der Waals surface area contributed by atoms with Crippen LogP contribution in [0.2, 0.25) is 0 Å². The predicted octanol–water partition coefficient (Wildman–Crippen LogP) is -2.65. The molecule has 1 unspecified atom stereocenters. The summed E-state index contributed by atoms with van der Waals surface area (Å²) >= 11 is 0. The van der Waals surface area contributed by atoms with Gasteiger partial charge in [0.1, 0.15) is 0 Å². The summed E-state index contributed by atoms with van der Waals surface area (Å²) in [4.78, 5) is 37.3. The molecule has 0 saturated heterocycles. The summed E-state index contributed by atoms with van der Waals surface area (Å²) in [6.45, 7) is 0. The third-order valence-electron chi connectivity index (χ3n) is 0.754. The van der Waals surface area contributed by atoms with Gasteiger partial charge in [-0.1, -0.05) is 0 Å². The summed E-state index contributed by atoms with van der Waals surface area (Å²) in [6.07, 6.45) is -2.71. The topological polar surface area (TPSA) is 181 Å². The number of rotatable bonds is 4. The van der Waals surface area contributed by atoms with Gasteiger partial charge >= 0.3 is 17.9 Å². The molecule has 9 nitrogen and oxygen atoms in total. The highest BCUT2D eigenvalue weighted by Gasteiger charge is 2.16. The minimum absolute atomic E-state index is 0. The lowest BCUT2D eigenvalue weighted by Gasteiger charge is -1.97. The number of hydrogen-bond donors (Lipinski definition) is 4. The van der Waals surface area contributed by atoms with Gasteiger partial charge in [0.05, 0.1) is 6.42 Å². The van der Waals surface area contributed by atoms with Crippen LogP contribution in [0.25, 0.3) is 0 Å². The monoisotopic (exact) mass is 226 g/mol. The lowest BCUT2D eigenvalue weighted by molar-refractivity contribution is -0.152. The average Bonchev–Trinajstić information content (AvgIpc) is 2.04. The van der Waals surface area contributed by atoms with Crippen LogP contribution in [0.4, 0.5) is 0 Å². The Morgan fingerprint density at radius 1 is 1.13 bits per heavy atom. The van der Waals surface area contributed by atoms with Gasteiger partial charge in [-0.25, -0.2) is 9.59 Å². The number of carboxylic acids is 3. The van der Waals surface area contributed by atoms with Gasteiger partial charge in [-0.05, 0) is 0 Å². The average molecular weight is 226 g/mol. The van der Waals surface area contributed by atoms with Crippen molar-refractivity contribution in [2.45, 2.75) is 12.5 Å². The number of aliphatic hydroxyl groups is 1. The van der Waals surface area contributed by atoms with Crippen LogP contribution in [0.5, 0.6) is 0 Å². The summed E-state index contributed by atoms with van der Waals surface area (Å²) in [6, 6.07) is 0. The smallest absolute Gasteiger partial charge is 0.368 e. The van der Waals surface area contributed by atoms with Crippen molar-refractivity contribution < 1.29 is 45.1 Å². The molecule has 6 N–H and O–H groups in total. The number of hydrogen-bond acceptors (Lipinski definition) is 5. The Bertz CT molecular complexity index is 233. The van der Waals surface area contributed by atoms with Gasteiger partial charge in [-0.15, -0.1) is 0 Å². The van der Waals surface area contributed by atoms with Crippen LogP contribution in [0.3, 0.4) is 0 Å². The number of carbonyl (C=O) groups excluding carboxylic acids is 1. The molecule has 0 aromatic rings. The van der Waals surface area contributed by atoms with E-state index < -0.39 is 30.4 Å². The first-order valence-electron chi connectivity index (χ1n) is 3.12. The SMILES string of the molecule is O.O=C(O)CC(O)C(=O)O.O=CC(=O)O. The van der Waals surface area contributed by atoms with Crippen molar-refractivity contribution in [3.63, 3.8) is 0 Å². The molecular formula is C6H10O9. The minimum Gasteiger partial charge on any atom is -0.481 e. The second kappa shape index (κ2) is 10.1. The van der Waals surface area contributed by atoms with Gasteiger partial charge in [0.15, 0.2) is 6.10 Å². The van der Waals surface area contributed by atoms with Gasteiger partial charge in [0.25, 0.3) is 0 Å². The van der Waals surface area contributed by atoms with Crippen molar-refractivity contribution in [2.24, 2.45) is 0 Å². The molecule has 0 aliphatic rings. The van der Waals surface area contributed by atoms with Crippen LogP contribution in [0.15, 0.2) is 0 Å². The van der Waals surface area contributed by atoms with Gasteiger partial charge < -0.3 is 25.9 Å². The van der Waals surface area contributed by atoms with E-state index in [1.807, 2.05) is 0 Å². The highest BCUT2D eigenvalue weighted by molar-refractivity contribution is 6.19. The second-order valence-corrected chi connectivity index (χ2v) is 1.91. The fraction of sp³-hybridized carbons (Fsp3) is 0.333. The summed E-state index contributed by atoms with van der Waals surface area (Å²) < 4.78 is 0. The van der Waals surface area contributed by atoms with Crippen LogP contribution >= 0.6 is 0 Å². The zero-order chi connectivity index (χ0) is 11.7. The van der Waals surface area contributed by atoms with Crippen LogP contribution < -0.4 is 0 Å². The Hall–Kier alpha value is -2.00. The van der Waals surface area contributed by atoms with Crippen LogP contribution in [-0.4, -0.2) is 56.2 Å². The largest absolute Gasteiger partial charge is 0.481 e. The van der Waals surface area contributed by atoms with Crippen molar-refractivity contribution in [3.05, 3.63) is 0 Å². The molecule has 0 saturated carbocycles. The first kappa shape index (κ1) is 18.7. The van der Waals surface area contributed by atoms with E-state index in [2.05, 4.69) is 0 Å². The van der Waals surface area contributed by atoms with Crippen molar-refractivity contribution in [2.75, 3.05) is 0 Å². The number of aliphatic hydroxyl groups excluding tert-OH is 1. The van der Waals surface area contributed by atoms with E-state index in [1.54, 1.807) is 0 Å². The third-order valence-corrected chi connectivity index (χ3v) is 0.754. The lowest BCUT2D eigenvalue weighted by Crippen LogP contribution is -2.22. The summed E-state index contributed by atoms with van der Waals surface area (Å²) in [5.74, 6) is -4.27. The van der Waals surface area contributed by atoms with Crippen molar-refractivity contribution in [1.82, 2.24) is 0 Å². The van der Waals surface area contributed by atoms with E-state index in [-0.39, 0.29) is 11.8 Å². The van der Waals surface area contributed by atoms with Crippen molar-refractivity contribution >= 4 is 24.2 Å². The summed E-state index contributed by atoms with van der Waals surface area (Å²) in [7, 11) is 0. The molecule has 88 valence electrons. The van der Waals surface area contributed by atoms with E-state index in [9.17, 15) is 9.59 Å². The Morgan fingerprint density at radius 3 is 1.53 bits per heavy atom. The van der Waals surface area contributed by atoms with Crippen molar-refractivity contribution in [1.29, 1.82) is 0 Å². The number of aldehydes is 1. The maximum atomic E-state index is 9.72. The molecule has 9 heteroatoms. The van der Waals surface area contributed by atoms with Gasteiger partial charge in [-0.3, -0.25) is 9.59 Å². The molecule has 0 aromatic carbocycles. The predicted molar refractivity (Wildman–Crippen MR) is 43.2 cm³/mol. The molecule has 0 rings (SSSR count). The van der Waals surface area contributed by atoms with Gasteiger partial charge in [0.2, 0.25) is 6.29 Å².